The average molecular weight is 257 g/mol. The van der Waals surface area contributed by atoms with Crippen LogP contribution in [0.25, 0.3) is 0 Å². The Labute approximate surface area is 89.8 Å². The summed E-state index contributed by atoms with van der Waals surface area (Å²) in [6.45, 7) is 0.847. The predicted octanol–water partition coefficient (Wildman–Crippen LogP) is 1.98. The molecular formula is C10H10BrFN2. The van der Waals surface area contributed by atoms with Gasteiger partial charge < -0.3 is 11.1 Å². The maximum atomic E-state index is 13.2. The average Bonchev–Trinajstić information content (AvgIpc) is 2.67. The van der Waals surface area contributed by atoms with E-state index in [-0.39, 0.29) is 17.3 Å². The number of halogens is 2. The van der Waals surface area contributed by atoms with Crippen LogP contribution in [-0.2, 0) is 5.41 Å². The van der Waals surface area contributed by atoms with E-state index in [2.05, 4.69) is 21.2 Å². The number of fused-ring (bicyclic) bond motifs is 2. The lowest BCUT2D eigenvalue weighted by Gasteiger charge is -2.07. The van der Waals surface area contributed by atoms with E-state index < -0.39 is 0 Å². The number of anilines is 1. The fourth-order valence-electron chi connectivity index (χ4n) is 2.30. The Kier molecular flexibility index (Phi) is 1.55. The Morgan fingerprint density at radius 3 is 2.93 bits per heavy atom. The van der Waals surface area contributed by atoms with Crippen molar-refractivity contribution in [3.05, 3.63) is 28.0 Å². The van der Waals surface area contributed by atoms with Gasteiger partial charge in [-0.3, -0.25) is 0 Å². The molecule has 1 heterocycles. The van der Waals surface area contributed by atoms with Crippen molar-refractivity contribution < 1.29 is 4.39 Å². The number of nitrogens with two attached hydrogens (primary N) is 1. The van der Waals surface area contributed by atoms with E-state index in [0.717, 1.165) is 18.7 Å². The molecule has 1 saturated carbocycles. The predicted molar refractivity (Wildman–Crippen MR) is 56.9 cm³/mol. The van der Waals surface area contributed by atoms with E-state index in [1.54, 1.807) is 6.07 Å². The molecule has 1 aliphatic carbocycles. The summed E-state index contributed by atoms with van der Waals surface area (Å²) < 4.78 is 13.8. The van der Waals surface area contributed by atoms with Crippen LogP contribution in [0.1, 0.15) is 12.0 Å². The minimum absolute atomic E-state index is 0.0888. The second-order valence-electron chi connectivity index (χ2n) is 4.13. The molecule has 2 aliphatic rings. The zero-order chi connectivity index (χ0) is 9.92. The van der Waals surface area contributed by atoms with E-state index in [4.69, 9.17) is 5.73 Å². The first-order valence-electron chi connectivity index (χ1n) is 4.62. The molecule has 1 aromatic carbocycles. The maximum Gasteiger partial charge on any atom is 0.139 e. The summed E-state index contributed by atoms with van der Waals surface area (Å²) in [6.07, 6.45) is 1.01. The molecule has 0 amide bonds. The zero-order valence-corrected chi connectivity index (χ0v) is 9.07. The van der Waals surface area contributed by atoms with Crippen molar-refractivity contribution in [1.29, 1.82) is 0 Å². The summed E-state index contributed by atoms with van der Waals surface area (Å²) in [5.74, 6) is -0.220. The smallest absolute Gasteiger partial charge is 0.139 e. The molecule has 14 heavy (non-hydrogen) atoms. The minimum Gasteiger partial charge on any atom is -0.384 e. The van der Waals surface area contributed by atoms with Gasteiger partial charge in [-0.05, 0) is 40.0 Å². The van der Waals surface area contributed by atoms with Crippen LogP contribution in [0.4, 0.5) is 10.1 Å². The van der Waals surface area contributed by atoms with Gasteiger partial charge in [0.25, 0.3) is 0 Å². The SMILES string of the molecule is NC1CC12CNc1cc(F)c(Br)cc12. The van der Waals surface area contributed by atoms with Gasteiger partial charge in [-0.15, -0.1) is 0 Å². The second kappa shape index (κ2) is 2.49. The Balaban J connectivity index is 2.17. The quantitative estimate of drug-likeness (QED) is 0.745. The highest BCUT2D eigenvalue weighted by atomic mass is 79.9. The highest BCUT2D eigenvalue weighted by molar-refractivity contribution is 9.10. The van der Waals surface area contributed by atoms with Crippen molar-refractivity contribution in [1.82, 2.24) is 0 Å². The molecule has 1 aliphatic heterocycles. The van der Waals surface area contributed by atoms with Crippen molar-refractivity contribution in [2.24, 2.45) is 5.73 Å². The third-order valence-corrected chi connectivity index (χ3v) is 3.93. The second-order valence-corrected chi connectivity index (χ2v) is 4.99. The molecule has 0 radical (unpaired) electrons. The minimum atomic E-state index is -0.220. The normalized spacial score (nSPS) is 32.9. The summed E-state index contributed by atoms with van der Waals surface area (Å²) in [5, 5.41) is 3.21. The summed E-state index contributed by atoms with van der Waals surface area (Å²) in [4.78, 5) is 0. The van der Waals surface area contributed by atoms with Gasteiger partial charge in [0.1, 0.15) is 5.82 Å². The fourth-order valence-corrected chi connectivity index (χ4v) is 2.64. The largest absolute Gasteiger partial charge is 0.384 e. The first-order chi connectivity index (χ1) is 6.63. The van der Waals surface area contributed by atoms with Gasteiger partial charge in [0, 0.05) is 23.7 Å². The van der Waals surface area contributed by atoms with Gasteiger partial charge in [-0.1, -0.05) is 0 Å². The Morgan fingerprint density at radius 2 is 2.29 bits per heavy atom. The summed E-state index contributed by atoms with van der Waals surface area (Å²) in [7, 11) is 0. The molecule has 4 heteroatoms. The molecule has 2 atom stereocenters. The van der Waals surface area contributed by atoms with Gasteiger partial charge in [0.2, 0.25) is 0 Å². The molecule has 3 N–H and O–H groups in total. The lowest BCUT2D eigenvalue weighted by Crippen LogP contribution is -2.20. The third-order valence-electron chi connectivity index (χ3n) is 3.32. The molecule has 74 valence electrons. The van der Waals surface area contributed by atoms with Crippen LogP contribution in [0.5, 0.6) is 0 Å². The topological polar surface area (TPSA) is 38.0 Å². The molecule has 0 aromatic heterocycles. The number of nitrogens with one attached hydrogen (secondary N) is 1. The van der Waals surface area contributed by atoms with Crippen LogP contribution in [0.3, 0.4) is 0 Å². The maximum absolute atomic E-state index is 13.2. The Hall–Kier alpha value is -0.610. The van der Waals surface area contributed by atoms with Gasteiger partial charge in [-0.25, -0.2) is 4.39 Å². The molecule has 1 aromatic rings. The van der Waals surface area contributed by atoms with Gasteiger partial charge >= 0.3 is 0 Å². The van der Waals surface area contributed by atoms with Crippen molar-refractivity contribution in [2.45, 2.75) is 17.9 Å². The number of hydrogen-bond acceptors (Lipinski definition) is 2. The molecule has 1 fully saturated rings. The van der Waals surface area contributed by atoms with Crippen LogP contribution >= 0.6 is 15.9 Å². The van der Waals surface area contributed by atoms with E-state index in [1.807, 2.05) is 6.07 Å². The molecule has 3 rings (SSSR count). The first kappa shape index (κ1) is 8.68. The summed E-state index contributed by atoms with van der Waals surface area (Å²) >= 11 is 3.20. The van der Waals surface area contributed by atoms with Gasteiger partial charge in [0.15, 0.2) is 0 Å². The monoisotopic (exact) mass is 256 g/mol. The van der Waals surface area contributed by atoms with Crippen molar-refractivity contribution in [3.8, 4) is 0 Å². The van der Waals surface area contributed by atoms with Crippen LogP contribution in [0, 0.1) is 5.82 Å². The Morgan fingerprint density at radius 1 is 1.57 bits per heavy atom. The zero-order valence-electron chi connectivity index (χ0n) is 7.48. The molecule has 2 unspecified atom stereocenters. The molecule has 0 bridgehead atoms. The van der Waals surface area contributed by atoms with Crippen LogP contribution < -0.4 is 11.1 Å². The molecule has 0 saturated heterocycles. The van der Waals surface area contributed by atoms with E-state index in [9.17, 15) is 4.39 Å². The summed E-state index contributed by atoms with van der Waals surface area (Å²) in [6, 6.07) is 3.63. The lowest BCUT2D eigenvalue weighted by atomic mass is 9.98. The van der Waals surface area contributed by atoms with Gasteiger partial charge in [0.05, 0.1) is 4.47 Å². The lowest BCUT2D eigenvalue weighted by molar-refractivity contribution is 0.620. The molecule has 2 nitrogen and oxygen atoms in total. The molecule has 1 spiro atoms. The highest BCUT2D eigenvalue weighted by Gasteiger charge is 2.56. The number of rotatable bonds is 0. The summed E-state index contributed by atoms with van der Waals surface area (Å²) in [5.41, 5.74) is 8.07. The van der Waals surface area contributed by atoms with E-state index in [1.165, 1.54) is 5.56 Å². The standard InChI is InChI=1S/C10H10BrFN2/c11-6-1-5-8(2-7(6)12)14-4-10(5)3-9(10)13/h1-2,9,14H,3-4,13H2. The highest BCUT2D eigenvalue weighted by Crippen LogP contribution is 2.54. The molecular weight excluding hydrogens is 247 g/mol. The van der Waals surface area contributed by atoms with Crippen molar-refractivity contribution >= 4 is 21.6 Å². The van der Waals surface area contributed by atoms with Crippen LogP contribution in [0.2, 0.25) is 0 Å². The van der Waals surface area contributed by atoms with Crippen molar-refractivity contribution in [3.63, 3.8) is 0 Å². The number of benzene rings is 1. The van der Waals surface area contributed by atoms with Crippen LogP contribution in [0.15, 0.2) is 16.6 Å². The first-order valence-corrected chi connectivity index (χ1v) is 5.42. The number of hydrogen-bond donors (Lipinski definition) is 2. The fraction of sp³-hybridized carbons (Fsp3) is 0.400. The Bertz CT molecular complexity index is 421. The van der Waals surface area contributed by atoms with Crippen molar-refractivity contribution in [2.75, 3.05) is 11.9 Å². The van der Waals surface area contributed by atoms with E-state index >= 15 is 0 Å². The third kappa shape index (κ3) is 0.929. The van der Waals surface area contributed by atoms with Crippen LogP contribution in [-0.4, -0.2) is 12.6 Å². The van der Waals surface area contributed by atoms with Gasteiger partial charge in [-0.2, -0.15) is 0 Å². The van der Waals surface area contributed by atoms with E-state index in [0.29, 0.717) is 4.47 Å².